The average molecular weight is 545 g/mol. The molecule has 3 atom stereocenters. The van der Waals surface area contributed by atoms with Crippen LogP contribution in [0.2, 0.25) is 0 Å². The minimum absolute atomic E-state index is 0.515. The van der Waals surface area contributed by atoms with Crippen molar-refractivity contribution in [1.29, 1.82) is 0 Å². The van der Waals surface area contributed by atoms with Gasteiger partial charge in [0, 0.05) is 21.7 Å². The van der Waals surface area contributed by atoms with Gasteiger partial charge in [0.25, 0.3) is 0 Å². The first-order valence-corrected chi connectivity index (χ1v) is 14.9. The normalized spacial score (nSPS) is 16.7. The number of aliphatic hydroxyl groups is 3. The van der Waals surface area contributed by atoms with Crippen LogP contribution in [0.15, 0.2) is 72.8 Å². The van der Waals surface area contributed by atoms with E-state index >= 15 is 0 Å². The van der Waals surface area contributed by atoms with E-state index in [0.717, 1.165) is 46.2 Å². The third-order valence-electron chi connectivity index (χ3n) is 10.0. The van der Waals surface area contributed by atoms with Gasteiger partial charge >= 0.3 is 0 Å². The Hall–Kier alpha value is -2.46. The van der Waals surface area contributed by atoms with Crippen molar-refractivity contribution in [1.82, 2.24) is 0 Å². The minimum Gasteiger partial charge on any atom is -0.393 e. The quantitative estimate of drug-likeness (QED) is 0.216. The molecule has 3 nitrogen and oxygen atoms in total. The van der Waals surface area contributed by atoms with Gasteiger partial charge in [-0.15, -0.1) is 0 Å². The molecule has 0 spiro atoms. The van der Waals surface area contributed by atoms with E-state index < -0.39 is 40.0 Å². The number of rotatable bonds is 11. The highest BCUT2D eigenvalue weighted by Gasteiger charge is 2.46. The van der Waals surface area contributed by atoms with Crippen LogP contribution < -0.4 is 0 Å². The lowest BCUT2D eigenvalue weighted by Gasteiger charge is -2.46. The Morgan fingerprint density at radius 1 is 0.475 bits per heavy atom. The Morgan fingerprint density at radius 3 is 0.900 bits per heavy atom. The molecular formula is C37H52O3. The molecule has 0 amide bonds. The van der Waals surface area contributed by atoms with Crippen LogP contribution in [-0.4, -0.2) is 33.6 Å². The van der Waals surface area contributed by atoms with Crippen molar-refractivity contribution in [2.75, 3.05) is 0 Å². The van der Waals surface area contributed by atoms with Gasteiger partial charge in [-0.3, -0.25) is 0 Å². The van der Waals surface area contributed by atoms with Gasteiger partial charge in [0.05, 0.1) is 18.3 Å². The molecule has 3 aromatic carbocycles. The van der Waals surface area contributed by atoms with E-state index in [9.17, 15) is 15.3 Å². The monoisotopic (exact) mass is 544 g/mol. The molecule has 0 aromatic heterocycles. The Balaban J connectivity index is 2.68. The van der Waals surface area contributed by atoms with E-state index in [0.29, 0.717) is 0 Å². The third kappa shape index (κ3) is 5.41. The summed E-state index contributed by atoms with van der Waals surface area (Å²) in [4.78, 5) is 0. The second kappa shape index (κ2) is 11.8. The standard InChI is InChI=1S/C37H52O3/c1-11-24-37(31-21-15-12-18-28(31)34(5,6)25(2)38,32-22-16-13-19-29(32)35(7,8)26(3)39)33-23-17-14-20-30(33)36(9,10)27(4)40/h12-23,25-27,38-40H,11,24H2,1-10H3. The number of hydrogen-bond acceptors (Lipinski definition) is 3. The molecule has 40 heavy (non-hydrogen) atoms. The van der Waals surface area contributed by atoms with Crippen molar-refractivity contribution in [2.24, 2.45) is 0 Å². The van der Waals surface area contributed by atoms with E-state index in [1.54, 1.807) is 0 Å². The molecule has 0 bridgehead atoms. The molecule has 0 aliphatic rings. The van der Waals surface area contributed by atoms with Gasteiger partial charge in [0.15, 0.2) is 0 Å². The summed E-state index contributed by atoms with van der Waals surface area (Å²) in [7, 11) is 0. The molecule has 0 aliphatic heterocycles. The smallest absolute Gasteiger partial charge is 0.0603 e. The molecule has 0 aliphatic carbocycles. The van der Waals surface area contributed by atoms with Gasteiger partial charge < -0.3 is 15.3 Å². The van der Waals surface area contributed by atoms with Gasteiger partial charge in [-0.05, 0) is 60.6 Å². The average Bonchev–Trinajstić information content (AvgIpc) is 2.91. The number of aliphatic hydroxyl groups excluding tert-OH is 3. The third-order valence-corrected chi connectivity index (χ3v) is 10.0. The van der Waals surface area contributed by atoms with E-state index in [4.69, 9.17) is 0 Å². The van der Waals surface area contributed by atoms with Crippen LogP contribution in [0.25, 0.3) is 0 Å². The Labute approximate surface area is 243 Å². The highest BCUT2D eigenvalue weighted by molar-refractivity contribution is 5.60. The Morgan fingerprint density at radius 2 is 0.700 bits per heavy atom. The maximum atomic E-state index is 11.0. The first kappa shape index (κ1) is 32.1. The predicted octanol–water partition coefficient (Wildman–Crippen LogP) is 7.80. The predicted molar refractivity (Wildman–Crippen MR) is 168 cm³/mol. The van der Waals surface area contributed by atoms with Crippen LogP contribution in [0.5, 0.6) is 0 Å². The lowest BCUT2D eigenvalue weighted by atomic mass is 9.57. The highest BCUT2D eigenvalue weighted by Crippen LogP contribution is 2.52. The summed E-state index contributed by atoms with van der Waals surface area (Å²) >= 11 is 0. The van der Waals surface area contributed by atoms with Gasteiger partial charge in [-0.1, -0.05) is 128 Å². The molecule has 0 radical (unpaired) electrons. The lowest BCUT2D eigenvalue weighted by Crippen LogP contribution is -2.42. The fourth-order valence-electron chi connectivity index (χ4n) is 6.14. The minimum atomic E-state index is -0.608. The molecule has 3 unspecified atom stereocenters. The first-order valence-electron chi connectivity index (χ1n) is 14.9. The van der Waals surface area contributed by atoms with E-state index in [1.165, 1.54) is 0 Å². The van der Waals surface area contributed by atoms with Crippen LogP contribution in [0.4, 0.5) is 0 Å². The van der Waals surface area contributed by atoms with E-state index in [1.807, 2.05) is 20.8 Å². The van der Waals surface area contributed by atoms with Crippen molar-refractivity contribution in [3.63, 3.8) is 0 Å². The lowest BCUT2D eigenvalue weighted by molar-refractivity contribution is 0.115. The zero-order chi connectivity index (χ0) is 30.1. The number of benzene rings is 3. The van der Waals surface area contributed by atoms with E-state index in [2.05, 4.69) is 121 Å². The van der Waals surface area contributed by atoms with Gasteiger partial charge in [0.1, 0.15) is 0 Å². The van der Waals surface area contributed by atoms with E-state index in [-0.39, 0.29) is 0 Å². The molecule has 3 N–H and O–H groups in total. The molecule has 0 heterocycles. The van der Waals surface area contributed by atoms with Gasteiger partial charge in [0.2, 0.25) is 0 Å². The summed E-state index contributed by atoms with van der Waals surface area (Å²) in [6.07, 6.45) is 0.0274. The Kier molecular flexibility index (Phi) is 9.46. The molecular weight excluding hydrogens is 492 g/mol. The maximum absolute atomic E-state index is 11.0. The summed E-state index contributed by atoms with van der Waals surface area (Å²) in [6, 6.07) is 25.7. The van der Waals surface area contributed by atoms with Crippen LogP contribution >= 0.6 is 0 Å². The van der Waals surface area contributed by atoms with Crippen molar-refractivity contribution >= 4 is 0 Å². The zero-order valence-electron chi connectivity index (χ0n) is 26.4. The van der Waals surface area contributed by atoms with Crippen molar-refractivity contribution in [3.8, 4) is 0 Å². The van der Waals surface area contributed by atoms with Crippen molar-refractivity contribution < 1.29 is 15.3 Å². The van der Waals surface area contributed by atoms with Crippen LogP contribution in [0, 0.1) is 0 Å². The molecule has 3 aromatic rings. The molecule has 0 fully saturated rings. The largest absolute Gasteiger partial charge is 0.393 e. The van der Waals surface area contributed by atoms with Crippen LogP contribution in [-0.2, 0) is 21.7 Å². The second-order valence-electron chi connectivity index (χ2n) is 13.5. The van der Waals surface area contributed by atoms with Crippen LogP contribution in [0.3, 0.4) is 0 Å². The number of hydrogen-bond donors (Lipinski definition) is 3. The highest BCUT2D eigenvalue weighted by atomic mass is 16.3. The molecule has 3 heteroatoms. The van der Waals surface area contributed by atoms with Gasteiger partial charge in [-0.2, -0.15) is 0 Å². The molecule has 0 saturated heterocycles. The summed E-state index contributed by atoms with van der Waals surface area (Å²) in [6.45, 7) is 20.5. The molecule has 3 rings (SSSR count). The summed E-state index contributed by atoms with van der Waals surface area (Å²) in [5.41, 5.74) is 4.63. The summed E-state index contributed by atoms with van der Waals surface area (Å²) in [5.74, 6) is 0. The first-order chi connectivity index (χ1) is 18.6. The summed E-state index contributed by atoms with van der Waals surface area (Å²) in [5, 5.41) is 33.1. The fraction of sp³-hybridized carbons (Fsp3) is 0.514. The SMILES string of the molecule is CCCC(c1ccccc1C(C)(C)C(C)O)(c1ccccc1C(C)(C)C(C)O)c1ccccc1C(C)(C)C(C)O. The fourth-order valence-corrected chi connectivity index (χ4v) is 6.14. The van der Waals surface area contributed by atoms with Crippen LogP contribution in [0.1, 0.15) is 115 Å². The molecule has 218 valence electrons. The maximum Gasteiger partial charge on any atom is 0.0603 e. The Bertz CT molecular complexity index is 1130. The van der Waals surface area contributed by atoms with Crippen molar-refractivity contribution in [3.05, 3.63) is 106 Å². The van der Waals surface area contributed by atoms with Crippen molar-refractivity contribution in [2.45, 2.75) is 122 Å². The summed E-state index contributed by atoms with van der Waals surface area (Å²) < 4.78 is 0. The molecule has 0 saturated carbocycles. The second-order valence-corrected chi connectivity index (χ2v) is 13.5. The zero-order valence-corrected chi connectivity index (χ0v) is 26.4. The topological polar surface area (TPSA) is 60.7 Å². The van der Waals surface area contributed by atoms with Gasteiger partial charge in [-0.25, -0.2) is 0 Å².